The predicted molar refractivity (Wildman–Crippen MR) is 125 cm³/mol. The van der Waals surface area contributed by atoms with Crippen molar-refractivity contribution in [2.24, 2.45) is 0 Å². The summed E-state index contributed by atoms with van der Waals surface area (Å²) in [5.74, 6) is -3.20. The number of carbonyl (C=O) groups is 4. The first-order valence-electron chi connectivity index (χ1n) is 10.9. The Morgan fingerprint density at radius 1 is 1.28 bits per heavy atom. The van der Waals surface area contributed by atoms with Gasteiger partial charge in [0.15, 0.2) is 5.12 Å². The van der Waals surface area contributed by atoms with Crippen LogP contribution in [0, 0.1) is 0 Å². The van der Waals surface area contributed by atoms with Crippen molar-refractivity contribution in [1.29, 1.82) is 0 Å². The van der Waals surface area contributed by atoms with Gasteiger partial charge in [-0.15, -0.1) is 0 Å². The summed E-state index contributed by atoms with van der Waals surface area (Å²) in [4.78, 5) is 45.0. The third-order valence-corrected chi connectivity index (χ3v) is 5.36. The standard InChI is InChI=1S/C20H29N3O5S.C2HF3O2/c1-6-27-18(25)11-16-10-15(22-23(16)19(26)28-20(3,4)5)9-14-12-21-8-7-17(14)29-13(2)24;3-2(4,5)1(6)7/h9-10,17,21H,6-8,11-12H2,1-5H3;(H,6,7)/b14-9+;. The molecule has 1 aromatic heterocycles. The molecule has 10 nitrogen and oxygen atoms in total. The third-order valence-electron chi connectivity index (χ3n) is 4.21. The van der Waals surface area contributed by atoms with E-state index in [-0.39, 0.29) is 23.4 Å². The lowest BCUT2D eigenvalue weighted by Crippen LogP contribution is -2.32. The minimum Gasteiger partial charge on any atom is -0.475 e. The molecule has 0 radical (unpaired) electrons. The highest BCUT2D eigenvalue weighted by atomic mass is 32.2. The van der Waals surface area contributed by atoms with Gasteiger partial charge in [-0.1, -0.05) is 11.8 Å². The monoisotopic (exact) mass is 537 g/mol. The minimum absolute atomic E-state index is 0.0603. The van der Waals surface area contributed by atoms with Crippen LogP contribution in [0.1, 0.15) is 52.4 Å². The Labute approximate surface area is 210 Å². The first-order valence-corrected chi connectivity index (χ1v) is 11.8. The predicted octanol–water partition coefficient (Wildman–Crippen LogP) is 3.43. The van der Waals surface area contributed by atoms with E-state index in [0.717, 1.165) is 23.2 Å². The van der Waals surface area contributed by atoms with E-state index in [9.17, 15) is 27.6 Å². The largest absolute Gasteiger partial charge is 0.490 e. The summed E-state index contributed by atoms with van der Waals surface area (Å²) < 4.78 is 43.3. The number of hydrogen-bond acceptors (Lipinski definition) is 9. The number of carboxylic acid groups (broad SMARTS) is 1. The summed E-state index contributed by atoms with van der Waals surface area (Å²) in [5.41, 5.74) is 1.25. The van der Waals surface area contributed by atoms with Gasteiger partial charge in [0.1, 0.15) is 5.60 Å². The van der Waals surface area contributed by atoms with Crippen LogP contribution in [0.2, 0.25) is 0 Å². The van der Waals surface area contributed by atoms with Gasteiger partial charge in [0.05, 0.1) is 24.4 Å². The van der Waals surface area contributed by atoms with Crippen LogP contribution in [0.15, 0.2) is 11.6 Å². The zero-order valence-corrected chi connectivity index (χ0v) is 21.4. The van der Waals surface area contributed by atoms with Crippen molar-refractivity contribution in [2.75, 3.05) is 19.7 Å². The normalized spacial score (nSPS) is 17.1. The molecule has 1 aromatic rings. The fourth-order valence-electron chi connectivity index (χ4n) is 2.89. The van der Waals surface area contributed by atoms with E-state index in [1.807, 2.05) is 6.08 Å². The Morgan fingerprint density at radius 3 is 2.39 bits per heavy atom. The lowest BCUT2D eigenvalue weighted by atomic mass is 10.0. The van der Waals surface area contributed by atoms with Crippen molar-refractivity contribution >= 4 is 41.0 Å². The second kappa shape index (κ2) is 13.4. The topological polar surface area (TPSA) is 137 Å². The number of thioether (sulfide) groups is 1. The van der Waals surface area contributed by atoms with E-state index in [4.69, 9.17) is 19.4 Å². The molecule has 0 saturated carbocycles. The molecule has 0 amide bonds. The number of esters is 1. The minimum atomic E-state index is -5.08. The van der Waals surface area contributed by atoms with Gasteiger partial charge < -0.3 is 19.9 Å². The first-order chi connectivity index (χ1) is 16.5. The number of alkyl halides is 3. The lowest BCUT2D eigenvalue weighted by Gasteiger charge is -2.24. The van der Waals surface area contributed by atoms with Gasteiger partial charge in [0.2, 0.25) is 0 Å². The number of nitrogens with zero attached hydrogens (tertiary/aromatic N) is 2. The number of carbonyl (C=O) groups excluding carboxylic acids is 3. The van der Waals surface area contributed by atoms with Gasteiger partial charge >= 0.3 is 24.2 Å². The maximum Gasteiger partial charge on any atom is 0.490 e. The zero-order valence-electron chi connectivity index (χ0n) is 20.6. The maximum absolute atomic E-state index is 12.6. The molecule has 1 unspecified atom stereocenters. The molecule has 14 heteroatoms. The SMILES string of the molecule is CCOC(=O)Cc1cc(/C=C2\CNCCC2SC(C)=O)nn1C(=O)OC(C)(C)C.O=C(O)C(F)(F)F. The first kappa shape index (κ1) is 31.2. The highest BCUT2D eigenvalue weighted by Crippen LogP contribution is 2.27. The van der Waals surface area contributed by atoms with Crippen molar-refractivity contribution in [2.45, 2.75) is 64.5 Å². The van der Waals surface area contributed by atoms with E-state index < -0.39 is 29.8 Å². The number of ether oxygens (including phenoxy) is 2. The van der Waals surface area contributed by atoms with Crippen molar-refractivity contribution in [1.82, 2.24) is 15.1 Å². The van der Waals surface area contributed by atoms with Gasteiger partial charge in [-0.05, 0) is 58.4 Å². The number of hydrogen-bond donors (Lipinski definition) is 2. The van der Waals surface area contributed by atoms with Crippen LogP contribution in [-0.2, 0) is 30.3 Å². The van der Waals surface area contributed by atoms with Crippen LogP contribution in [0.4, 0.5) is 18.0 Å². The number of piperidine rings is 1. The van der Waals surface area contributed by atoms with Crippen LogP contribution < -0.4 is 5.32 Å². The number of carboxylic acids is 1. The number of aromatic nitrogens is 2. The summed E-state index contributed by atoms with van der Waals surface area (Å²) in [7, 11) is 0. The number of aliphatic carboxylic acids is 1. The second-order valence-electron chi connectivity index (χ2n) is 8.52. The molecule has 2 rings (SSSR count). The van der Waals surface area contributed by atoms with Crippen LogP contribution in [0.25, 0.3) is 6.08 Å². The smallest absolute Gasteiger partial charge is 0.475 e. The Hall–Kier alpha value is -2.87. The van der Waals surface area contributed by atoms with Crippen LogP contribution in [-0.4, -0.2) is 74.8 Å². The molecule has 1 aliphatic heterocycles. The molecular formula is C22H30F3N3O7S. The van der Waals surface area contributed by atoms with Gasteiger partial charge in [-0.25, -0.2) is 9.59 Å². The number of nitrogens with one attached hydrogen (secondary N) is 1. The van der Waals surface area contributed by atoms with E-state index >= 15 is 0 Å². The van der Waals surface area contributed by atoms with E-state index in [0.29, 0.717) is 17.9 Å². The summed E-state index contributed by atoms with van der Waals surface area (Å²) in [6, 6.07) is 1.68. The second-order valence-corrected chi connectivity index (χ2v) is 9.90. The lowest BCUT2D eigenvalue weighted by molar-refractivity contribution is -0.192. The van der Waals surface area contributed by atoms with E-state index in [2.05, 4.69) is 10.4 Å². The molecule has 36 heavy (non-hydrogen) atoms. The maximum atomic E-state index is 12.6. The fourth-order valence-corrected chi connectivity index (χ4v) is 3.83. The molecule has 0 aromatic carbocycles. The quantitative estimate of drug-likeness (QED) is 0.538. The number of rotatable bonds is 5. The van der Waals surface area contributed by atoms with Crippen LogP contribution in [0.5, 0.6) is 0 Å². The highest BCUT2D eigenvalue weighted by Gasteiger charge is 2.38. The Morgan fingerprint density at radius 2 is 1.89 bits per heavy atom. The Bertz CT molecular complexity index is 985. The van der Waals surface area contributed by atoms with Gasteiger partial charge in [0, 0.05) is 18.7 Å². The fraction of sp³-hybridized carbons (Fsp3) is 0.591. The third kappa shape index (κ3) is 11.2. The Kier molecular flexibility index (Phi) is 11.6. The van der Waals surface area contributed by atoms with Crippen LogP contribution in [0.3, 0.4) is 0 Å². The molecule has 202 valence electrons. The molecule has 2 N–H and O–H groups in total. The van der Waals surface area contributed by atoms with Gasteiger partial charge in [-0.3, -0.25) is 9.59 Å². The summed E-state index contributed by atoms with van der Waals surface area (Å²) in [5, 5.41) is 14.9. The molecule has 1 saturated heterocycles. The van der Waals surface area contributed by atoms with Crippen molar-refractivity contribution in [3.63, 3.8) is 0 Å². The molecule has 0 aliphatic carbocycles. The molecule has 1 aliphatic rings. The van der Waals surface area contributed by atoms with Gasteiger partial charge in [0.25, 0.3) is 0 Å². The van der Waals surface area contributed by atoms with Crippen molar-refractivity contribution < 1.29 is 46.9 Å². The molecule has 1 fully saturated rings. The molecule has 0 bridgehead atoms. The molecule has 2 heterocycles. The summed E-state index contributed by atoms with van der Waals surface area (Å²) in [6.07, 6.45) is -3.13. The van der Waals surface area contributed by atoms with Gasteiger partial charge in [-0.2, -0.15) is 23.0 Å². The molecule has 1 atom stereocenters. The average molecular weight is 538 g/mol. The summed E-state index contributed by atoms with van der Waals surface area (Å²) >= 11 is 1.30. The Balaban J connectivity index is 0.000000809. The van der Waals surface area contributed by atoms with E-state index in [1.165, 1.54) is 11.8 Å². The average Bonchev–Trinajstić information content (AvgIpc) is 3.10. The molecular weight excluding hydrogens is 507 g/mol. The van der Waals surface area contributed by atoms with Crippen molar-refractivity contribution in [3.05, 3.63) is 23.0 Å². The van der Waals surface area contributed by atoms with Crippen LogP contribution >= 0.6 is 11.8 Å². The van der Waals surface area contributed by atoms with Crippen molar-refractivity contribution in [3.8, 4) is 0 Å². The zero-order chi connectivity index (χ0) is 27.7. The number of halogens is 3. The highest BCUT2D eigenvalue weighted by molar-refractivity contribution is 8.14. The summed E-state index contributed by atoms with van der Waals surface area (Å²) in [6.45, 7) is 10.3. The molecule has 0 spiro atoms. The van der Waals surface area contributed by atoms with E-state index in [1.54, 1.807) is 40.7 Å².